The van der Waals surface area contributed by atoms with E-state index >= 15 is 0 Å². The van der Waals surface area contributed by atoms with Gasteiger partial charge in [0.15, 0.2) is 5.16 Å². The highest BCUT2D eigenvalue weighted by molar-refractivity contribution is 7.99. The first-order chi connectivity index (χ1) is 12.2. The van der Waals surface area contributed by atoms with Crippen LogP contribution in [0.5, 0.6) is 0 Å². The highest BCUT2D eigenvalue weighted by Crippen LogP contribution is 2.40. The zero-order valence-corrected chi connectivity index (χ0v) is 15.8. The summed E-state index contributed by atoms with van der Waals surface area (Å²) in [7, 11) is 0. The zero-order valence-electron chi connectivity index (χ0n) is 14.9. The molecular weight excluding hydrogens is 332 g/mol. The van der Waals surface area contributed by atoms with Crippen molar-refractivity contribution in [2.45, 2.75) is 63.2 Å². The minimum atomic E-state index is 0.0631. The van der Waals surface area contributed by atoms with E-state index in [-0.39, 0.29) is 11.9 Å². The molecule has 3 rings (SSSR count). The molecule has 5 nitrogen and oxygen atoms in total. The van der Waals surface area contributed by atoms with E-state index in [9.17, 15) is 4.79 Å². The molecule has 1 aromatic heterocycles. The topological polar surface area (TPSA) is 59.8 Å². The van der Waals surface area contributed by atoms with Crippen LogP contribution in [0.4, 0.5) is 0 Å². The van der Waals surface area contributed by atoms with Crippen molar-refractivity contribution in [1.82, 2.24) is 20.1 Å². The second-order valence-corrected chi connectivity index (χ2v) is 7.68. The number of hydrogen-bond acceptors (Lipinski definition) is 4. The minimum absolute atomic E-state index is 0.0631. The Morgan fingerprint density at radius 3 is 2.76 bits per heavy atom. The lowest BCUT2D eigenvalue weighted by molar-refractivity contribution is -0.119. The van der Waals surface area contributed by atoms with Gasteiger partial charge >= 0.3 is 0 Å². The fourth-order valence-electron chi connectivity index (χ4n) is 2.92. The maximum Gasteiger partial charge on any atom is 0.230 e. The van der Waals surface area contributed by atoms with Gasteiger partial charge in [-0.3, -0.25) is 4.79 Å². The summed E-state index contributed by atoms with van der Waals surface area (Å²) in [5.74, 6) is 2.04. The number of nitrogens with one attached hydrogen (secondary N) is 1. The molecule has 6 heteroatoms. The molecule has 1 heterocycles. The number of hydrogen-bond donors (Lipinski definition) is 1. The summed E-state index contributed by atoms with van der Waals surface area (Å²) < 4.78 is 2.18. The fraction of sp³-hybridized carbons (Fsp3) is 0.526. The third-order valence-electron chi connectivity index (χ3n) is 4.33. The van der Waals surface area contributed by atoms with E-state index in [0.717, 1.165) is 30.4 Å². The van der Waals surface area contributed by atoms with Crippen molar-refractivity contribution in [3.8, 4) is 0 Å². The smallest absolute Gasteiger partial charge is 0.230 e. The van der Waals surface area contributed by atoms with Gasteiger partial charge in [-0.25, -0.2) is 0 Å². The Kier molecular flexibility index (Phi) is 6.13. The third kappa shape index (κ3) is 5.08. The second-order valence-electron chi connectivity index (χ2n) is 6.73. The predicted molar refractivity (Wildman–Crippen MR) is 101 cm³/mol. The normalized spacial score (nSPS) is 15.1. The van der Waals surface area contributed by atoms with E-state index in [2.05, 4.69) is 46.1 Å². The Bertz CT molecular complexity index is 697. The lowest BCUT2D eigenvalue weighted by Gasteiger charge is -2.13. The molecule has 25 heavy (non-hydrogen) atoms. The first kappa shape index (κ1) is 18.0. The van der Waals surface area contributed by atoms with Gasteiger partial charge in [0.2, 0.25) is 5.91 Å². The fourth-order valence-corrected chi connectivity index (χ4v) is 3.67. The standard InChI is InChI=1S/C19H26N4OS/c1-3-7-14(2)20-17(24)13-25-19-22-21-18(16-10-11-16)23(19)12-15-8-5-4-6-9-15/h4-6,8-9,14,16H,3,7,10-13H2,1-2H3,(H,20,24)/t14-/m1/s1. The average Bonchev–Trinajstić information content (AvgIpc) is 3.36. The zero-order chi connectivity index (χ0) is 17.6. The van der Waals surface area contributed by atoms with E-state index in [0.29, 0.717) is 11.7 Å². The summed E-state index contributed by atoms with van der Waals surface area (Å²) in [5, 5.41) is 12.6. The van der Waals surface area contributed by atoms with Gasteiger partial charge in [0.1, 0.15) is 5.82 Å². The molecule has 1 fully saturated rings. The Morgan fingerprint density at radius 2 is 2.08 bits per heavy atom. The first-order valence-corrected chi connectivity index (χ1v) is 10.0. The summed E-state index contributed by atoms with van der Waals surface area (Å²) in [4.78, 5) is 12.1. The Balaban J connectivity index is 1.66. The van der Waals surface area contributed by atoms with E-state index in [1.807, 2.05) is 18.2 Å². The van der Waals surface area contributed by atoms with Crippen LogP contribution in [0.2, 0.25) is 0 Å². The molecule has 1 aliphatic rings. The van der Waals surface area contributed by atoms with Crippen LogP contribution in [0.25, 0.3) is 0 Å². The predicted octanol–water partition coefficient (Wildman–Crippen LogP) is 3.60. The molecule has 0 aliphatic heterocycles. The first-order valence-electron chi connectivity index (χ1n) is 9.06. The molecule has 0 saturated heterocycles. The van der Waals surface area contributed by atoms with E-state index < -0.39 is 0 Å². The number of amides is 1. The van der Waals surface area contributed by atoms with Crippen molar-refractivity contribution >= 4 is 17.7 Å². The molecular formula is C19H26N4OS. The van der Waals surface area contributed by atoms with E-state index in [1.54, 1.807) is 0 Å². The van der Waals surface area contributed by atoms with E-state index in [1.165, 1.54) is 30.2 Å². The van der Waals surface area contributed by atoms with Gasteiger partial charge in [-0.15, -0.1) is 10.2 Å². The van der Waals surface area contributed by atoms with Crippen LogP contribution in [-0.4, -0.2) is 32.5 Å². The molecule has 1 aromatic carbocycles. The molecule has 1 amide bonds. The van der Waals surface area contributed by atoms with Crippen molar-refractivity contribution in [1.29, 1.82) is 0 Å². The molecule has 134 valence electrons. The van der Waals surface area contributed by atoms with Crippen LogP contribution in [0.1, 0.15) is 56.8 Å². The van der Waals surface area contributed by atoms with Crippen LogP contribution in [0, 0.1) is 0 Å². The van der Waals surface area contributed by atoms with Gasteiger partial charge in [-0.05, 0) is 31.7 Å². The maximum atomic E-state index is 12.1. The summed E-state index contributed by atoms with van der Waals surface area (Å²) in [6.07, 6.45) is 4.45. The van der Waals surface area contributed by atoms with Crippen LogP contribution in [0.15, 0.2) is 35.5 Å². The van der Waals surface area contributed by atoms with Crippen LogP contribution >= 0.6 is 11.8 Å². The lowest BCUT2D eigenvalue weighted by Crippen LogP contribution is -2.33. The van der Waals surface area contributed by atoms with Gasteiger partial charge < -0.3 is 9.88 Å². The number of carbonyl (C=O) groups is 1. The monoisotopic (exact) mass is 358 g/mol. The Labute approximate surface area is 153 Å². The van der Waals surface area contributed by atoms with Crippen LogP contribution in [0.3, 0.4) is 0 Å². The minimum Gasteiger partial charge on any atom is -0.353 e. The molecule has 0 spiro atoms. The van der Waals surface area contributed by atoms with Crippen LogP contribution < -0.4 is 5.32 Å². The second kappa shape index (κ2) is 8.52. The van der Waals surface area contributed by atoms with Gasteiger partial charge in [-0.2, -0.15) is 0 Å². The summed E-state index contributed by atoms with van der Waals surface area (Å²) in [5.41, 5.74) is 1.23. The van der Waals surface area contributed by atoms with Crippen LogP contribution in [-0.2, 0) is 11.3 Å². The number of benzene rings is 1. The number of thioether (sulfide) groups is 1. The Morgan fingerprint density at radius 1 is 1.32 bits per heavy atom. The molecule has 0 radical (unpaired) electrons. The maximum absolute atomic E-state index is 12.1. The van der Waals surface area contributed by atoms with Gasteiger partial charge in [-0.1, -0.05) is 55.4 Å². The lowest BCUT2D eigenvalue weighted by atomic mass is 10.2. The number of nitrogens with zero attached hydrogens (tertiary/aromatic N) is 3. The summed E-state index contributed by atoms with van der Waals surface area (Å²) >= 11 is 1.48. The summed E-state index contributed by atoms with van der Waals surface area (Å²) in [6, 6.07) is 10.6. The van der Waals surface area contributed by atoms with Crippen molar-refractivity contribution in [3.05, 3.63) is 41.7 Å². The number of aromatic nitrogens is 3. The summed E-state index contributed by atoms with van der Waals surface area (Å²) in [6.45, 7) is 4.94. The highest BCUT2D eigenvalue weighted by Gasteiger charge is 2.30. The average molecular weight is 359 g/mol. The van der Waals surface area contributed by atoms with Gasteiger partial charge in [0.05, 0.1) is 12.3 Å². The molecule has 1 N–H and O–H groups in total. The molecule has 2 aromatic rings. The number of carbonyl (C=O) groups excluding carboxylic acids is 1. The van der Waals surface area contributed by atoms with Gasteiger partial charge in [0, 0.05) is 12.0 Å². The molecule has 0 bridgehead atoms. The van der Waals surface area contributed by atoms with Crippen molar-refractivity contribution < 1.29 is 4.79 Å². The quantitative estimate of drug-likeness (QED) is 0.696. The molecule has 0 unspecified atom stereocenters. The molecule has 1 atom stereocenters. The van der Waals surface area contributed by atoms with Gasteiger partial charge in [0.25, 0.3) is 0 Å². The third-order valence-corrected chi connectivity index (χ3v) is 5.30. The van der Waals surface area contributed by atoms with Crippen molar-refractivity contribution in [3.63, 3.8) is 0 Å². The van der Waals surface area contributed by atoms with Crippen molar-refractivity contribution in [2.24, 2.45) is 0 Å². The Hall–Kier alpha value is -1.82. The van der Waals surface area contributed by atoms with Crippen molar-refractivity contribution in [2.75, 3.05) is 5.75 Å². The number of rotatable bonds is 9. The highest BCUT2D eigenvalue weighted by atomic mass is 32.2. The largest absolute Gasteiger partial charge is 0.353 e. The van der Waals surface area contributed by atoms with E-state index in [4.69, 9.17) is 0 Å². The molecule has 1 aliphatic carbocycles. The SMILES string of the molecule is CCC[C@@H](C)NC(=O)CSc1nnc(C2CC2)n1Cc1ccccc1. The molecule has 1 saturated carbocycles.